The average Bonchev–Trinajstić information content (AvgIpc) is 4.30. The number of ether oxygens (including phenoxy) is 1. The second-order valence-corrected chi connectivity index (χ2v) is 24.1. The topological polar surface area (TPSA) is 200 Å². The lowest BCUT2D eigenvalue weighted by atomic mass is 9.85. The first kappa shape index (κ1) is 56.6. The molecule has 3 amide bonds. The molecule has 0 radical (unpaired) electrons. The molecular formula is C57H68F3N11O7S2. The first-order valence-electron chi connectivity index (χ1n) is 27.2. The van der Waals surface area contributed by atoms with Gasteiger partial charge in [-0.1, -0.05) is 57.2 Å². The number of aromatic nitrogens is 3. The number of piperazine rings is 1. The van der Waals surface area contributed by atoms with Crippen LogP contribution >= 0.6 is 11.3 Å². The van der Waals surface area contributed by atoms with E-state index in [1.807, 2.05) is 69.6 Å². The fourth-order valence-corrected chi connectivity index (χ4v) is 12.8. The number of anilines is 2. The highest BCUT2D eigenvalue weighted by molar-refractivity contribution is 7.73. The van der Waals surface area contributed by atoms with E-state index in [-0.39, 0.29) is 69.0 Å². The molecule has 10 rings (SSSR count). The number of pyridine rings is 1. The van der Waals surface area contributed by atoms with Gasteiger partial charge in [-0.15, -0.1) is 11.3 Å². The van der Waals surface area contributed by atoms with E-state index in [1.54, 1.807) is 23.6 Å². The molecule has 0 aliphatic carbocycles. The molecule has 426 valence electrons. The van der Waals surface area contributed by atoms with Crippen LogP contribution in [0.15, 0.2) is 84.6 Å². The molecule has 4 fully saturated rings. The van der Waals surface area contributed by atoms with Crippen LogP contribution in [0.5, 0.6) is 11.5 Å². The van der Waals surface area contributed by atoms with Crippen molar-refractivity contribution in [3.05, 3.63) is 108 Å². The zero-order valence-corrected chi connectivity index (χ0v) is 47.0. The van der Waals surface area contributed by atoms with Gasteiger partial charge < -0.3 is 35.3 Å². The van der Waals surface area contributed by atoms with E-state index in [0.717, 1.165) is 109 Å². The van der Waals surface area contributed by atoms with Gasteiger partial charge in [0.15, 0.2) is 17.4 Å². The summed E-state index contributed by atoms with van der Waals surface area (Å²) >= 11 is 1.57. The number of hydrogen-bond donors (Lipinski definition) is 5. The number of piperidine rings is 1. The highest BCUT2D eigenvalue weighted by atomic mass is 32.2. The fourth-order valence-electron chi connectivity index (χ4n) is 11.3. The van der Waals surface area contributed by atoms with Crippen molar-refractivity contribution < 1.29 is 45.8 Å². The van der Waals surface area contributed by atoms with Gasteiger partial charge in [-0.25, -0.2) is 36.6 Å². The molecule has 3 aromatic carbocycles. The number of carbonyl (C=O) groups is 3. The summed E-state index contributed by atoms with van der Waals surface area (Å²) in [5.41, 5.74) is 6.67. The van der Waals surface area contributed by atoms with Crippen molar-refractivity contribution in [1.29, 1.82) is 0 Å². The van der Waals surface area contributed by atoms with Gasteiger partial charge in [0.05, 0.1) is 40.7 Å². The van der Waals surface area contributed by atoms with E-state index in [1.165, 1.54) is 16.1 Å². The van der Waals surface area contributed by atoms with Crippen molar-refractivity contribution in [3.63, 3.8) is 0 Å². The molecule has 0 saturated carbocycles. The second kappa shape index (κ2) is 24.2. The first-order valence-corrected chi connectivity index (χ1v) is 29.2. The number of nitrogens with zero attached hydrogens (tertiary/aromatic N) is 8. The van der Waals surface area contributed by atoms with Crippen LogP contribution in [0.3, 0.4) is 0 Å². The van der Waals surface area contributed by atoms with Crippen molar-refractivity contribution >= 4 is 62.4 Å². The van der Waals surface area contributed by atoms with Crippen LogP contribution in [0, 0.1) is 29.9 Å². The summed E-state index contributed by atoms with van der Waals surface area (Å²) in [4.78, 5) is 62.8. The number of hydrazine groups is 1. The van der Waals surface area contributed by atoms with Crippen molar-refractivity contribution in [3.8, 4) is 33.1 Å². The molecule has 80 heavy (non-hydrogen) atoms. The number of hydrogen-bond acceptors (Lipinski definition) is 14. The number of likely N-dealkylation sites (tertiary alicyclic amines) is 2. The maximum atomic E-state index is 15.9. The van der Waals surface area contributed by atoms with Crippen molar-refractivity contribution in [1.82, 2.24) is 45.3 Å². The summed E-state index contributed by atoms with van der Waals surface area (Å²) in [7, 11) is -3.42. The Balaban J connectivity index is 0.676. The van der Waals surface area contributed by atoms with Gasteiger partial charge in [-0.05, 0) is 97.6 Å². The summed E-state index contributed by atoms with van der Waals surface area (Å²) in [5.74, 6) is -3.54. The van der Waals surface area contributed by atoms with E-state index < -0.39 is 63.7 Å². The minimum atomic E-state index is -3.42. The predicted octanol–water partition coefficient (Wildman–Crippen LogP) is 6.67. The molecule has 0 unspecified atom stereocenters. The molecule has 0 spiro atoms. The number of rotatable bonds is 17. The molecule has 18 nitrogen and oxygen atoms in total. The zero-order chi connectivity index (χ0) is 56.4. The van der Waals surface area contributed by atoms with Crippen LogP contribution in [0.1, 0.15) is 57.7 Å². The van der Waals surface area contributed by atoms with Gasteiger partial charge in [0.25, 0.3) is 0 Å². The number of aliphatic hydroxyl groups is 1. The number of aromatic amines is 1. The Morgan fingerprint density at radius 2 is 1.62 bits per heavy atom. The minimum Gasteiger partial charge on any atom is -0.449 e. The Morgan fingerprint density at radius 1 is 0.900 bits per heavy atom. The molecule has 4 aliphatic heterocycles. The number of amides is 3. The number of alkyl halides is 1. The fraction of sp³-hybridized carbons (Fsp3) is 0.456. The molecule has 0 bridgehead atoms. The second-order valence-electron chi connectivity index (χ2n) is 22.4. The lowest BCUT2D eigenvalue weighted by molar-refractivity contribution is -0.144. The standard InChI is InChI=1S/C57H68F3N11O7S2/c1-35-52(79-34-64-35)39-7-5-36(6-8-39)27-63-55(74)47-26-43(72)32-70(47)56(75)53(57(2,3)4)65-49(73)33-66-18-15-37(16-19-66)30-67-21-23-68(24-22-67)42-11-9-38(10-12-42)40-25-44-48(29-62-54(44)61-28-40)78-51-45(59)13-14-46(50(51)60)71(80(76)77)69-20-17-41(58)31-69/h5-14,25,28-29,34,37,41,43,47,53,72,80H,15-24,26-27,30-33H2,1-4H3,(H,61,62)(H,63,74)(H,65,73)/t41-,43-,47+,53-/m1/s1. The van der Waals surface area contributed by atoms with Gasteiger partial charge in [0.2, 0.25) is 34.4 Å². The number of thiol groups is 1. The monoisotopic (exact) mass is 1140 g/mol. The predicted molar refractivity (Wildman–Crippen MR) is 301 cm³/mol. The average molecular weight is 1140 g/mol. The summed E-state index contributed by atoms with van der Waals surface area (Å²) in [5, 5.41) is 18.3. The van der Waals surface area contributed by atoms with Crippen LogP contribution in [-0.2, 0) is 31.8 Å². The quantitative estimate of drug-likeness (QED) is 0.0608. The summed E-state index contributed by atoms with van der Waals surface area (Å²) in [6.07, 6.45) is 3.05. The molecule has 4 N–H and O–H groups in total. The third-order valence-corrected chi connectivity index (χ3v) is 17.5. The van der Waals surface area contributed by atoms with Gasteiger partial charge >= 0.3 is 0 Å². The lowest BCUT2D eigenvalue weighted by Gasteiger charge is -2.40. The zero-order valence-electron chi connectivity index (χ0n) is 45.2. The number of H-pyrrole nitrogens is 1. The maximum absolute atomic E-state index is 15.9. The van der Waals surface area contributed by atoms with Crippen molar-refractivity contribution in [2.24, 2.45) is 11.3 Å². The van der Waals surface area contributed by atoms with E-state index in [9.17, 15) is 32.3 Å². The summed E-state index contributed by atoms with van der Waals surface area (Å²) in [6.45, 7) is 13.8. The third kappa shape index (κ3) is 12.8. The Hall–Kier alpha value is -6.63. The minimum absolute atomic E-state index is 0.00506. The number of fused-ring (bicyclic) bond motifs is 1. The number of β-amino-alcohol motifs (C(OH)–C–C–N with tert-alkyl or cyclic N) is 1. The number of aliphatic hydroxyl groups excluding tert-OH is 1. The van der Waals surface area contributed by atoms with E-state index in [0.29, 0.717) is 21.4 Å². The Bertz CT molecular complexity index is 3260. The van der Waals surface area contributed by atoms with Crippen molar-refractivity contribution in [2.45, 2.75) is 84.3 Å². The molecule has 4 aliphatic rings. The van der Waals surface area contributed by atoms with E-state index in [2.05, 4.69) is 52.4 Å². The normalized spacial score (nSPS) is 20.2. The van der Waals surface area contributed by atoms with Crippen LogP contribution in [0.25, 0.3) is 32.6 Å². The maximum Gasteiger partial charge on any atom is 0.246 e. The molecule has 4 saturated heterocycles. The first-order chi connectivity index (χ1) is 38.4. The van der Waals surface area contributed by atoms with Gasteiger partial charge in [0, 0.05) is 82.4 Å². The van der Waals surface area contributed by atoms with Gasteiger partial charge in [-0.3, -0.25) is 24.2 Å². The summed E-state index contributed by atoms with van der Waals surface area (Å²) in [6, 6.07) is 17.9. The van der Waals surface area contributed by atoms with Crippen molar-refractivity contribution in [2.75, 3.05) is 81.3 Å². The SMILES string of the molecule is Cc1ncsc1-c1ccc(CNC(=O)[C@@H]2C[C@@H](O)CN2C(=O)[C@@H](NC(=O)CN2CCC(CN3CCN(c4ccc(-c5cnc6[nH]cc(Oc7c(F)ccc(N(N8CC[C@@H](F)C8)[SH](=O)=O)c7F)c6c5)cc4)CC3)CC2)C(C)(C)C)cc1. The molecular weight excluding hydrogens is 1070 g/mol. The third-order valence-electron chi connectivity index (χ3n) is 15.7. The molecule has 7 heterocycles. The van der Waals surface area contributed by atoms with E-state index >= 15 is 8.78 Å². The van der Waals surface area contributed by atoms with Gasteiger partial charge in [-0.2, -0.15) is 4.41 Å². The van der Waals surface area contributed by atoms with Gasteiger partial charge in [0.1, 0.15) is 29.6 Å². The van der Waals surface area contributed by atoms with E-state index in [4.69, 9.17) is 4.74 Å². The Morgan fingerprint density at radius 3 is 2.29 bits per heavy atom. The van der Waals surface area contributed by atoms with Crippen LogP contribution < -0.4 is 24.7 Å². The molecule has 23 heteroatoms. The number of carbonyl (C=O) groups excluding carboxylic acids is 3. The highest BCUT2D eigenvalue weighted by Gasteiger charge is 2.45. The number of aryl methyl sites for hydroxylation is 1. The summed E-state index contributed by atoms with van der Waals surface area (Å²) < 4.78 is 76.0. The number of benzene rings is 3. The van der Waals surface area contributed by atoms with Crippen LogP contribution in [-0.4, -0.2) is 162 Å². The Labute approximate surface area is 469 Å². The number of thiazole rings is 1. The number of nitrogens with one attached hydrogen (secondary N) is 3. The smallest absolute Gasteiger partial charge is 0.246 e. The molecule has 3 aromatic heterocycles. The Kier molecular flexibility index (Phi) is 17.1. The van der Waals surface area contributed by atoms with Crippen LogP contribution in [0.2, 0.25) is 0 Å². The number of halogens is 3. The van der Waals surface area contributed by atoms with Crippen LogP contribution in [0.4, 0.5) is 24.5 Å². The highest BCUT2D eigenvalue weighted by Crippen LogP contribution is 2.39. The largest absolute Gasteiger partial charge is 0.449 e. The lowest BCUT2D eigenvalue weighted by Crippen LogP contribution is -2.59. The molecule has 6 aromatic rings. The molecule has 4 atom stereocenters.